The van der Waals surface area contributed by atoms with E-state index in [0.717, 1.165) is 0 Å². The Morgan fingerprint density at radius 3 is 2.53 bits per heavy atom. The highest BCUT2D eigenvalue weighted by molar-refractivity contribution is 7.89. The molecule has 1 atom stereocenters. The van der Waals surface area contributed by atoms with Crippen molar-refractivity contribution in [2.75, 3.05) is 14.2 Å². The van der Waals surface area contributed by atoms with E-state index >= 15 is 0 Å². The first-order valence-corrected chi connectivity index (χ1v) is 6.51. The van der Waals surface area contributed by atoms with Gasteiger partial charge in [0.2, 0.25) is 0 Å². The van der Waals surface area contributed by atoms with Crippen molar-refractivity contribution in [3.8, 4) is 11.5 Å². The number of fused-ring (bicyclic) bond motifs is 1. The lowest BCUT2D eigenvalue weighted by atomic mass is 10.1. The monoisotopic (exact) mass is 258 g/mol. The van der Waals surface area contributed by atoms with Crippen LogP contribution in [0.15, 0.2) is 17.0 Å². The standard InChI is InChI=1S/C10H14N2O4S/c1-6-7-4-5-8(15-2)9(16-3)10(7)17(13,14)12-11-6/h4-6,11-12H,1-3H3. The summed E-state index contributed by atoms with van der Waals surface area (Å²) in [6.07, 6.45) is 0. The van der Waals surface area contributed by atoms with Gasteiger partial charge in [0.1, 0.15) is 4.90 Å². The van der Waals surface area contributed by atoms with Crippen LogP contribution in [0.25, 0.3) is 0 Å². The molecule has 0 spiro atoms. The van der Waals surface area contributed by atoms with Crippen LogP contribution in [0.3, 0.4) is 0 Å². The van der Waals surface area contributed by atoms with Gasteiger partial charge in [0.25, 0.3) is 10.0 Å². The Kier molecular flexibility index (Phi) is 2.98. The predicted molar refractivity (Wildman–Crippen MR) is 61.4 cm³/mol. The Hall–Kier alpha value is -1.31. The van der Waals surface area contributed by atoms with Crippen LogP contribution < -0.4 is 19.7 Å². The Labute approximate surface area is 99.9 Å². The number of methoxy groups -OCH3 is 2. The summed E-state index contributed by atoms with van der Waals surface area (Å²) >= 11 is 0. The van der Waals surface area contributed by atoms with E-state index < -0.39 is 10.0 Å². The van der Waals surface area contributed by atoms with Crippen molar-refractivity contribution in [1.29, 1.82) is 0 Å². The third-order valence-electron chi connectivity index (χ3n) is 2.68. The molecule has 6 nitrogen and oxygen atoms in total. The fraction of sp³-hybridized carbons (Fsp3) is 0.400. The molecule has 2 N–H and O–H groups in total. The minimum atomic E-state index is -3.62. The van der Waals surface area contributed by atoms with Gasteiger partial charge in [0.15, 0.2) is 11.5 Å². The zero-order valence-corrected chi connectivity index (χ0v) is 10.6. The van der Waals surface area contributed by atoms with Crippen molar-refractivity contribution in [3.05, 3.63) is 17.7 Å². The lowest BCUT2D eigenvalue weighted by molar-refractivity contribution is 0.342. The summed E-state index contributed by atoms with van der Waals surface area (Å²) in [5, 5.41) is 0. The van der Waals surface area contributed by atoms with E-state index in [0.29, 0.717) is 11.3 Å². The Morgan fingerprint density at radius 2 is 1.94 bits per heavy atom. The summed E-state index contributed by atoms with van der Waals surface area (Å²) < 4.78 is 34.2. The first-order chi connectivity index (χ1) is 8.01. The van der Waals surface area contributed by atoms with E-state index in [4.69, 9.17) is 9.47 Å². The maximum absolute atomic E-state index is 12.0. The molecule has 0 aromatic heterocycles. The molecule has 1 unspecified atom stereocenters. The van der Waals surface area contributed by atoms with Crippen LogP contribution in [-0.2, 0) is 10.0 Å². The molecule has 1 heterocycles. The maximum atomic E-state index is 12.0. The Morgan fingerprint density at radius 1 is 1.24 bits per heavy atom. The number of hydrazine groups is 1. The summed E-state index contributed by atoms with van der Waals surface area (Å²) in [7, 11) is -0.732. The van der Waals surface area contributed by atoms with E-state index in [1.807, 2.05) is 6.92 Å². The molecular weight excluding hydrogens is 244 g/mol. The lowest BCUT2D eigenvalue weighted by Gasteiger charge is -2.26. The summed E-state index contributed by atoms with van der Waals surface area (Å²) in [5.41, 5.74) is 3.34. The van der Waals surface area contributed by atoms with E-state index in [9.17, 15) is 8.42 Å². The topological polar surface area (TPSA) is 76.7 Å². The molecule has 0 radical (unpaired) electrons. The number of benzene rings is 1. The van der Waals surface area contributed by atoms with E-state index in [1.165, 1.54) is 14.2 Å². The molecule has 94 valence electrons. The van der Waals surface area contributed by atoms with Gasteiger partial charge in [-0.3, -0.25) is 0 Å². The largest absolute Gasteiger partial charge is 0.493 e. The lowest BCUT2D eigenvalue weighted by Crippen LogP contribution is -2.44. The van der Waals surface area contributed by atoms with Crippen molar-refractivity contribution in [2.24, 2.45) is 0 Å². The smallest absolute Gasteiger partial charge is 0.257 e. The van der Waals surface area contributed by atoms with Crippen molar-refractivity contribution >= 4 is 10.0 Å². The van der Waals surface area contributed by atoms with Gasteiger partial charge in [-0.15, -0.1) is 4.83 Å². The van der Waals surface area contributed by atoms with Crippen LogP contribution in [0.1, 0.15) is 18.5 Å². The third kappa shape index (κ3) is 1.86. The Balaban J connectivity index is 2.78. The number of nitrogens with one attached hydrogen (secondary N) is 2. The van der Waals surface area contributed by atoms with Crippen LogP contribution >= 0.6 is 0 Å². The highest BCUT2D eigenvalue weighted by Crippen LogP contribution is 2.40. The van der Waals surface area contributed by atoms with Crippen molar-refractivity contribution < 1.29 is 17.9 Å². The number of hydrogen-bond donors (Lipinski definition) is 2. The number of hydrogen-bond acceptors (Lipinski definition) is 5. The SMILES string of the molecule is COc1ccc2c(c1OC)S(=O)(=O)NNC2C. The highest BCUT2D eigenvalue weighted by Gasteiger charge is 2.32. The molecule has 1 aromatic rings. The molecule has 0 aliphatic carbocycles. The first kappa shape index (κ1) is 12.2. The maximum Gasteiger partial charge on any atom is 0.257 e. The van der Waals surface area contributed by atoms with Gasteiger partial charge in [-0.05, 0) is 18.6 Å². The van der Waals surface area contributed by atoms with Gasteiger partial charge >= 0.3 is 0 Å². The molecule has 17 heavy (non-hydrogen) atoms. The van der Waals surface area contributed by atoms with E-state index in [2.05, 4.69) is 10.3 Å². The van der Waals surface area contributed by atoms with Crippen LogP contribution in [0.4, 0.5) is 0 Å². The number of ether oxygens (including phenoxy) is 2. The minimum Gasteiger partial charge on any atom is -0.493 e. The molecular formula is C10H14N2O4S. The molecule has 0 saturated heterocycles. The summed E-state index contributed by atoms with van der Waals surface area (Å²) in [5.74, 6) is 0.622. The molecule has 0 saturated carbocycles. The second kappa shape index (κ2) is 4.17. The van der Waals surface area contributed by atoms with Crippen molar-refractivity contribution in [2.45, 2.75) is 17.9 Å². The molecule has 1 aliphatic rings. The van der Waals surface area contributed by atoms with Crippen LogP contribution in [0.2, 0.25) is 0 Å². The van der Waals surface area contributed by atoms with Gasteiger partial charge in [0.05, 0.1) is 14.2 Å². The minimum absolute atomic E-state index is 0.130. The van der Waals surface area contributed by atoms with Crippen LogP contribution in [0, 0.1) is 0 Å². The first-order valence-electron chi connectivity index (χ1n) is 5.03. The predicted octanol–water partition coefficient (Wildman–Crippen LogP) is 0.561. The third-order valence-corrected chi connectivity index (χ3v) is 4.02. The fourth-order valence-electron chi connectivity index (χ4n) is 1.83. The average Bonchev–Trinajstić information content (AvgIpc) is 2.32. The molecule has 2 rings (SSSR count). The van der Waals surface area contributed by atoms with Gasteiger partial charge in [-0.1, -0.05) is 6.07 Å². The van der Waals surface area contributed by atoms with Gasteiger partial charge in [-0.25, -0.2) is 13.8 Å². The Bertz CT molecular complexity index is 541. The van der Waals surface area contributed by atoms with Crippen LogP contribution in [-0.4, -0.2) is 22.6 Å². The van der Waals surface area contributed by atoms with Crippen molar-refractivity contribution in [1.82, 2.24) is 10.3 Å². The fourth-order valence-corrected chi connectivity index (χ4v) is 3.24. The number of sulfonamides is 1. The van der Waals surface area contributed by atoms with Crippen LogP contribution in [0.5, 0.6) is 11.5 Å². The average molecular weight is 258 g/mol. The second-order valence-electron chi connectivity index (χ2n) is 3.69. The van der Waals surface area contributed by atoms with E-state index in [-0.39, 0.29) is 16.7 Å². The highest BCUT2D eigenvalue weighted by atomic mass is 32.2. The molecule has 0 bridgehead atoms. The van der Waals surface area contributed by atoms with E-state index in [1.54, 1.807) is 12.1 Å². The van der Waals surface area contributed by atoms with Gasteiger partial charge < -0.3 is 9.47 Å². The molecule has 7 heteroatoms. The summed E-state index contributed by atoms with van der Waals surface area (Å²) in [6.45, 7) is 1.85. The van der Waals surface area contributed by atoms with Crippen molar-refractivity contribution in [3.63, 3.8) is 0 Å². The molecule has 0 amide bonds. The molecule has 1 aromatic carbocycles. The molecule has 0 fully saturated rings. The zero-order valence-electron chi connectivity index (χ0n) is 9.77. The zero-order chi connectivity index (χ0) is 12.6. The quantitative estimate of drug-likeness (QED) is 0.810. The molecule has 1 aliphatic heterocycles. The summed E-state index contributed by atoms with van der Waals surface area (Å²) in [4.78, 5) is 2.41. The number of rotatable bonds is 2. The van der Waals surface area contributed by atoms with Gasteiger partial charge in [-0.2, -0.15) is 0 Å². The normalized spacial score (nSPS) is 21.7. The second-order valence-corrected chi connectivity index (χ2v) is 5.31. The summed E-state index contributed by atoms with van der Waals surface area (Å²) in [6, 6.07) is 3.28. The van der Waals surface area contributed by atoms with Gasteiger partial charge in [0, 0.05) is 6.04 Å².